The second-order valence-electron chi connectivity index (χ2n) is 11.9. The zero-order valence-electron chi connectivity index (χ0n) is 26.7. The number of carbonyl (C=O) groups is 2. The molecule has 0 aliphatic carbocycles. The normalized spacial score (nSPS) is 11.3. The molecule has 39 heavy (non-hydrogen) atoms. The fraction of sp³-hybridized carbons (Fsp3) is 0.943. The molecular formula is C35H68O4. The van der Waals surface area contributed by atoms with E-state index in [9.17, 15) is 9.59 Å². The van der Waals surface area contributed by atoms with Gasteiger partial charge in [-0.2, -0.15) is 0 Å². The predicted molar refractivity (Wildman–Crippen MR) is 167 cm³/mol. The van der Waals surface area contributed by atoms with Crippen LogP contribution in [0.4, 0.5) is 0 Å². The molecule has 0 atom stereocenters. The van der Waals surface area contributed by atoms with Crippen LogP contribution in [-0.2, 0) is 19.1 Å². The number of hydrogen-bond acceptors (Lipinski definition) is 4. The molecule has 0 amide bonds. The molecule has 0 unspecified atom stereocenters. The number of hydrogen-bond donors (Lipinski definition) is 0. The lowest BCUT2D eigenvalue weighted by Gasteiger charge is -2.16. The Kier molecular flexibility index (Phi) is 30.6. The second-order valence-corrected chi connectivity index (χ2v) is 11.9. The largest absolute Gasteiger partial charge is 0.466 e. The zero-order valence-corrected chi connectivity index (χ0v) is 26.7. The summed E-state index contributed by atoms with van der Waals surface area (Å²) in [5.74, 6) is 0.256. The van der Waals surface area contributed by atoms with Gasteiger partial charge in [0.1, 0.15) is 0 Å². The van der Waals surface area contributed by atoms with Crippen LogP contribution in [0.3, 0.4) is 0 Å². The van der Waals surface area contributed by atoms with Gasteiger partial charge in [0.25, 0.3) is 0 Å². The van der Waals surface area contributed by atoms with E-state index in [1.807, 2.05) is 0 Å². The van der Waals surface area contributed by atoms with Crippen molar-refractivity contribution in [3.05, 3.63) is 0 Å². The highest BCUT2D eigenvalue weighted by Gasteiger charge is 2.14. The Morgan fingerprint density at radius 2 is 0.718 bits per heavy atom. The van der Waals surface area contributed by atoms with Crippen LogP contribution in [-0.4, -0.2) is 25.2 Å². The maximum absolute atomic E-state index is 12.2. The molecule has 0 radical (unpaired) electrons. The van der Waals surface area contributed by atoms with Gasteiger partial charge in [-0.3, -0.25) is 9.59 Å². The summed E-state index contributed by atoms with van der Waals surface area (Å²) >= 11 is 0. The summed E-state index contributed by atoms with van der Waals surface area (Å²) in [6.07, 6.45) is 31.6. The van der Waals surface area contributed by atoms with Crippen LogP contribution in [0.1, 0.15) is 194 Å². The molecule has 0 aliphatic rings. The van der Waals surface area contributed by atoms with Crippen LogP contribution >= 0.6 is 0 Å². The summed E-state index contributed by atoms with van der Waals surface area (Å²) in [6.45, 7) is 7.83. The molecule has 0 aromatic heterocycles. The molecule has 0 aliphatic heterocycles. The Morgan fingerprint density at radius 3 is 1.05 bits per heavy atom. The molecule has 4 heteroatoms. The minimum Gasteiger partial charge on any atom is -0.466 e. The molecule has 4 nitrogen and oxygen atoms in total. The summed E-state index contributed by atoms with van der Waals surface area (Å²) in [5, 5.41) is 0. The van der Waals surface area contributed by atoms with Crippen molar-refractivity contribution in [2.45, 2.75) is 194 Å². The number of ether oxygens (including phenoxy) is 2. The SMILES string of the molecule is CCCCCCCCCCCCOC(=O)CCC(CCCC)CCC(=O)OCCCCCCCCCCCC. The van der Waals surface area contributed by atoms with E-state index in [-0.39, 0.29) is 11.9 Å². The van der Waals surface area contributed by atoms with Crippen LogP contribution in [0.5, 0.6) is 0 Å². The molecule has 0 aromatic carbocycles. The Hall–Kier alpha value is -1.06. The molecule has 0 N–H and O–H groups in total. The average Bonchev–Trinajstić information content (AvgIpc) is 2.94. The van der Waals surface area contributed by atoms with E-state index in [0.717, 1.165) is 57.8 Å². The van der Waals surface area contributed by atoms with Gasteiger partial charge in [-0.15, -0.1) is 0 Å². The Bertz CT molecular complexity index is 477. The van der Waals surface area contributed by atoms with E-state index in [2.05, 4.69) is 20.8 Å². The van der Waals surface area contributed by atoms with Crippen molar-refractivity contribution in [2.75, 3.05) is 13.2 Å². The molecule has 0 saturated carbocycles. The Morgan fingerprint density at radius 1 is 0.410 bits per heavy atom. The molecule has 0 rings (SSSR count). The van der Waals surface area contributed by atoms with Gasteiger partial charge in [-0.25, -0.2) is 0 Å². The highest BCUT2D eigenvalue weighted by atomic mass is 16.5. The minimum atomic E-state index is -0.0732. The summed E-state index contributed by atoms with van der Waals surface area (Å²) < 4.78 is 11.0. The molecule has 0 heterocycles. The van der Waals surface area contributed by atoms with E-state index < -0.39 is 0 Å². The minimum absolute atomic E-state index is 0.0732. The quantitative estimate of drug-likeness (QED) is 0.0634. The number of rotatable bonds is 31. The molecule has 0 fully saturated rings. The van der Waals surface area contributed by atoms with Crippen LogP contribution in [0.15, 0.2) is 0 Å². The van der Waals surface area contributed by atoms with Crippen LogP contribution < -0.4 is 0 Å². The first-order valence-electron chi connectivity index (χ1n) is 17.4. The van der Waals surface area contributed by atoms with Gasteiger partial charge < -0.3 is 9.47 Å². The van der Waals surface area contributed by atoms with Gasteiger partial charge in [0.15, 0.2) is 0 Å². The van der Waals surface area contributed by atoms with Gasteiger partial charge in [0, 0.05) is 12.8 Å². The monoisotopic (exact) mass is 553 g/mol. The second kappa shape index (κ2) is 31.5. The Balaban J connectivity index is 3.76. The zero-order chi connectivity index (χ0) is 28.7. The van der Waals surface area contributed by atoms with Crippen LogP contribution in [0.25, 0.3) is 0 Å². The van der Waals surface area contributed by atoms with Crippen molar-refractivity contribution in [1.82, 2.24) is 0 Å². The predicted octanol–water partition coefficient (Wildman–Crippen LogP) is 11.3. The fourth-order valence-corrected chi connectivity index (χ4v) is 5.27. The van der Waals surface area contributed by atoms with Crippen molar-refractivity contribution in [3.63, 3.8) is 0 Å². The maximum Gasteiger partial charge on any atom is 0.305 e. The summed E-state index contributed by atoms with van der Waals surface area (Å²) in [7, 11) is 0. The number of unbranched alkanes of at least 4 members (excludes halogenated alkanes) is 19. The molecular weight excluding hydrogens is 484 g/mol. The first-order valence-corrected chi connectivity index (χ1v) is 17.4. The number of carbonyl (C=O) groups excluding carboxylic acids is 2. The van der Waals surface area contributed by atoms with E-state index in [1.54, 1.807) is 0 Å². The molecule has 0 bridgehead atoms. The lowest BCUT2D eigenvalue weighted by molar-refractivity contribution is -0.144. The fourth-order valence-electron chi connectivity index (χ4n) is 5.27. The highest BCUT2D eigenvalue weighted by Crippen LogP contribution is 2.21. The number of esters is 2. The van der Waals surface area contributed by atoms with E-state index >= 15 is 0 Å². The Labute approximate surface area is 244 Å². The van der Waals surface area contributed by atoms with Crippen LogP contribution in [0.2, 0.25) is 0 Å². The average molecular weight is 553 g/mol. The van der Waals surface area contributed by atoms with E-state index in [4.69, 9.17) is 9.47 Å². The topological polar surface area (TPSA) is 52.6 Å². The summed E-state index contributed by atoms with van der Waals surface area (Å²) in [5.41, 5.74) is 0. The van der Waals surface area contributed by atoms with Gasteiger partial charge >= 0.3 is 11.9 Å². The van der Waals surface area contributed by atoms with Gasteiger partial charge in [0.2, 0.25) is 0 Å². The van der Waals surface area contributed by atoms with Gasteiger partial charge in [-0.05, 0) is 31.6 Å². The van der Waals surface area contributed by atoms with E-state index in [0.29, 0.717) is 32.0 Å². The molecule has 0 saturated heterocycles. The standard InChI is InChI=1S/C35H68O4/c1-4-7-10-12-14-16-18-20-22-24-31-38-34(36)29-27-33(26-9-6-3)28-30-35(37)39-32-25-23-21-19-17-15-13-11-8-5-2/h33H,4-32H2,1-3H3. The van der Waals surface area contributed by atoms with Crippen molar-refractivity contribution in [3.8, 4) is 0 Å². The lowest BCUT2D eigenvalue weighted by atomic mass is 9.92. The van der Waals surface area contributed by atoms with Crippen molar-refractivity contribution < 1.29 is 19.1 Å². The third-order valence-electron chi connectivity index (χ3n) is 8.00. The van der Waals surface area contributed by atoms with E-state index in [1.165, 1.54) is 103 Å². The maximum atomic E-state index is 12.2. The molecule has 232 valence electrons. The lowest BCUT2D eigenvalue weighted by Crippen LogP contribution is -2.12. The highest BCUT2D eigenvalue weighted by molar-refractivity contribution is 5.70. The first-order chi connectivity index (χ1) is 19.1. The third-order valence-corrected chi connectivity index (χ3v) is 8.00. The summed E-state index contributed by atoms with van der Waals surface area (Å²) in [6, 6.07) is 0. The third kappa shape index (κ3) is 29.7. The molecule has 0 aromatic rings. The molecule has 0 spiro atoms. The van der Waals surface area contributed by atoms with Crippen molar-refractivity contribution in [1.29, 1.82) is 0 Å². The van der Waals surface area contributed by atoms with Gasteiger partial charge in [0.05, 0.1) is 13.2 Å². The van der Waals surface area contributed by atoms with Crippen LogP contribution in [0, 0.1) is 5.92 Å². The smallest absolute Gasteiger partial charge is 0.305 e. The first kappa shape index (κ1) is 37.9. The van der Waals surface area contributed by atoms with Crippen molar-refractivity contribution in [2.24, 2.45) is 5.92 Å². The van der Waals surface area contributed by atoms with Gasteiger partial charge in [-0.1, -0.05) is 156 Å². The summed E-state index contributed by atoms with van der Waals surface area (Å²) in [4.78, 5) is 24.5. The van der Waals surface area contributed by atoms with Crippen molar-refractivity contribution >= 4 is 11.9 Å².